The number of rotatable bonds is 16. The number of allylic oxidation sites excluding steroid dienone is 4. The molecule has 2 aliphatic carbocycles. The lowest BCUT2D eigenvalue weighted by molar-refractivity contribution is -0.247. The fourth-order valence-electron chi connectivity index (χ4n) is 7.34. The van der Waals surface area contributed by atoms with Crippen LogP contribution < -0.4 is 0 Å². The van der Waals surface area contributed by atoms with Crippen LogP contribution in [0.4, 0.5) is 0 Å². The summed E-state index contributed by atoms with van der Waals surface area (Å²) < 4.78 is 17.9. The number of unbranched alkanes of at least 4 members (excludes halogenated alkanes) is 8. The Morgan fingerprint density at radius 1 is 1.05 bits per heavy atom. The third-order valence-corrected chi connectivity index (χ3v) is 9.97. The molecular formula is C33H50O7. The van der Waals surface area contributed by atoms with Gasteiger partial charge in [-0.15, -0.1) is 0 Å². The zero-order valence-electron chi connectivity index (χ0n) is 24.7. The molecule has 7 atom stereocenters. The first-order valence-electron chi connectivity index (χ1n) is 15.6. The molecule has 3 fully saturated rings. The smallest absolute Gasteiger partial charge is 0.305 e. The van der Waals surface area contributed by atoms with Crippen molar-refractivity contribution < 1.29 is 34.0 Å². The van der Waals surface area contributed by atoms with Gasteiger partial charge in [0.05, 0.1) is 24.2 Å². The first-order valence-corrected chi connectivity index (χ1v) is 15.6. The SMILES string of the molecule is CCCCC/C=C\C/C=C/CCCCCCCC(=O)OC[C@]12[C@H](O)C(=O)C(C)=C[C@H]1O[C@@H]1[C@H](O)C[C@@]2(C)C12CO2. The highest BCUT2D eigenvalue weighted by molar-refractivity contribution is 6.00. The van der Waals surface area contributed by atoms with Gasteiger partial charge in [-0.2, -0.15) is 0 Å². The standard InChI is InChI=1S/C33H50O7/c1-4-5-6-7-8-9-10-11-12-13-14-15-16-17-18-19-27(35)38-22-32-26(20-24(2)28(36)29(32)37)40-30-25(34)21-31(32,3)33(30)23-39-33/h8-9,11-12,20,25-26,29-30,34,37H,4-7,10,13-19,21-23H2,1-3H3/b9-8-,12-11+/t25-,26-,29-,30-,31-,32-,33?/m1/s1. The summed E-state index contributed by atoms with van der Waals surface area (Å²) in [5.74, 6) is -0.721. The molecule has 1 unspecified atom stereocenters. The van der Waals surface area contributed by atoms with Crippen LogP contribution in [0.5, 0.6) is 0 Å². The van der Waals surface area contributed by atoms with E-state index < -0.39 is 40.8 Å². The molecule has 2 bridgehead atoms. The number of aliphatic hydroxyl groups excluding tert-OH is 2. The van der Waals surface area contributed by atoms with Crippen LogP contribution in [0.1, 0.15) is 104 Å². The second kappa shape index (κ2) is 13.5. The third-order valence-electron chi connectivity index (χ3n) is 9.97. The molecule has 1 spiro atoms. The van der Waals surface area contributed by atoms with E-state index in [-0.39, 0.29) is 18.4 Å². The molecule has 0 radical (unpaired) electrons. The van der Waals surface area contributed by atoms with Gasteiger partial charge in [-0.1, -0.05) is 70.3 Å². The number of carbonyl (C=O) groups excluding carboxylic acids is 2. The molecule has 2 aliphatic heterocycles. The summed E-state index contributed by atoms with van der Waals surface area (Å²) >= 11 is 0. The van der Waals surface area contributed by atoms with Crippen LogP contribution >= 0.6 is 0 Å². The monoisotopic (exact) mass is 558 g/mol. The van der Waals surface area contributed by atoms with Gasteiger partial charge < -0.3 is 24.4 Å². The van der Waals surface area contributed by atoms with Crippen molar-refractivity contribution in [3.8, 4) is 0 Å². The van der Waals surface area contributed by atoms with Crippen LogP contribution in [0.2, 0.25) is 0 Å². The van der Waals surface area contributed by atoms with E-state index in [4.69, 9.17) is 14.2 Å². The number of carbonyl (C=O) groups is 2. The molecule has 0 amide bonds. The third kappa shape index (κ3) is 5.90. The molecular weight excluding hydrogens is 508 g/mol. The molecule has 2 N–H and O–H groups in total. The van der Waals surface area contributed by atoms with Crippen molar-refractivity contribution in [1.82, 2.24) is 0 Å². The average Bonchev–Trinajstić information content (AvgIpc) is 3.71. The quantitative estimate of drug-likeness (QED) is 0.111. The summed E-state index contributed by atoms with van der Waals surface area (Å²) in [6.45, 7) is 6.08. The molecule has 4 rings (SSSR count). The van der Waals surface area contributed by atoms with E-state index in [9.17, 15) is 19.8 Å². The zero-order chi connectivity index (χ0) is 28.8. The Labute approximate surface area is 240 Å². The molecule has 224 valence electrons. The maximum Gasteiger partial charge on any atom is 0.305 e. The molecule has 7 nitrogen and oxygen atoms in total. The number of fused-ring (bicyclic) bond motifs is 2. The topological polar surface area (TPSA) is 106 Å². The molecule has 0 aromatic heterocycles. The molecule has 2 heterocycles. The van der Waals surface area contributed by atoms with E-state index in [1.54, 1.807) is 13.0 Å². The lowest BCUT2D eigenvalue weighted by Crippen LogP contribution is -2.70. The number of ketones is 1. The van der Waals surface area contributed by atoms with Gasteiger partial charge in [0.15, 0.2) is 5.78 Å². The van der Waals surface area contributed by atoms with Crippen molar-refractivity contribution in [3.63, 3.8) is 0 Å². The zero-order valence-corrected chi connectivity index (χ0v) is 24.7. The van der Waals surface area contributed by atoms with Gasteiger partial charge in [-0.3, -0.25) is 9.59 Å². The van der Waals surface area contributed by atoms with Gasteiger partial charge >= 0.3 is 5.97 Å². The van der Waals surface area contributed by atoms with Crippen molar-refractivity contribution in [3.05, 3.63) is 36.0 Å². The Bertz CT molecular complexity index is 979. The second-order valence-electron chi connectivity index (χ2n) is 12.6. The van der Waals surface area contributed by atoms with Crippen molar-refractivity contribution in [1.29, 1.82) is 0 Å². The molecule has 0 aromatic rings. The largest absolute Gasteiger partial charge is 0.465 e. The first kappa shape index (κ1) is 31.1. The number of Topliss-reactive ketones (excluding diaryl/α,β-unsaturated/α-hetero) is 1. The summed E-state index contributed by atoms with van der Waals surface area (Å²) in [4.78, 5) is 25.7. The predicted molar refractivity (Wildman–Crippen MR) is 154 cm³/mol. The highest BCUT2D eigenvalue weighted by Gasteiger charge is 2.83. The van der Waals surface area contributed by atoms with Crippen LogP contribution in [0.3, 0.4) is 0 Å². The summed E-state index contributed by atoms with van der Waals surface area (Å²) in [5.41, 5.74) is -2.33. The number of aliphatic hydroxyl groups is 2. The van der Waals surface area contributed by atoms with E-state index in [0.717, 1.165) is 44.9 Å². The molecule has 4 aliphatic rings. The van der Waals surface area contributed by atoms with Gasteiger partial charge in [-0.05, 0) is 63.5 Å². The second-order valence-corrected chi connectivity index (χ2v) is 12.6. The minimum atomic E-state index is -1.40. The number of ether oxygens (including phenoxy) is 3. The van der Waals surface area contributed by atoms with Crippen molar-refractivity contribution in [2.75, 3.05) is 13.2 Å². The minimum absolute atomic E-state index is 0.144. The molecule has 40 heavy (non-hydrogen) atoms. The fourth-order valence-corrected chi connectivity index (χ4v) is 7.34. The maximum atomic E-state index is 13.0. The van der Waals surface area contributed by atoms with E-state index in [1.165, 1.54) is 25.7 Å². The van der Waals surface area contributed by atoms with Crippen LogP contribution in [0, 0.1) is 10.8 Å². The van der Waals surface area contributed by atoms with E-state index in [2.05, 4.69) is 31.2 Å². The van der Waals surface area contributed by atoms with Crippen LogP contribution in [0.25, 0.3) is 0 Å². The molecule has 1 saturated carbocycles. The van der Waals surface area contributed by atoms with Gasteiger partial charge in [0, 0.05) is 11.8 Å². The molecule has 0 aromatic carbocycles. The van der Waals surface area contributed by atoms with Crippen molar-refractivity contribution in [2.24, 2.45) is 10.8 Å². The Kier molecular flexibility index (Phi) is 10.5. The number of epoxide rings is 1. The van der Waals surface area contributed by atoms with Crippen LogP contribution in [-0.4, -0.2) is 65.2 Å². The Morgan fingerprint density at radius 2 is 1.70 bits per heavy atom. The predicted octanol–water partition coefficient (Wildman–Crippen LogP) is 5.53. The first-order chi connectivity index (χ1) is 19.2. The van der Waals surface area contributed by atoms with Crippen molar-refractivity contribution in [2.45, 2.75) is 134 Å². The molecule has 7 heteroatoms. The summed E-state index contributed by atoms with van der Waals surface area (Å²) in [6.07, 6.45) is 20.3. The normalized spacial score (nSPS) is 36.4. The summed E-state index contributed by atoms with van der Waals surface area (Å²) in [6, 6.07) is 0. The van der Waals surface area contributed by atoms with E-state index >= 15 is 0 Å². The molecule has 2 saturated heterocycles. The maximum absolute atomic E-state index is 13.0. The van der Waals surface area contributed by atoms with Gasteiger partial charge in [0.2, 0.25) is 0 Å². The number of esters is 1. The number of hydrogen-bond donors (Lipinski definition) is 2. The van der Waals surface area contributed by atoms with Crippen LogP contribution in [-0.2, 0) is 23.8 Å². The highest BCUT2D eigenvalue weighted by Crippen LogP contribution is 2.71. The Hall–Kier alpha value is -1.80. The highest BCUT2D eigenvalue weighted by atomic mass is 16.6. The Morgan fingerprint density at radius 3 is 2.38 bits per heavy atom. The van der Waals surface area contributed by atoms with Gasteiger partial charge in [0.1, 0.15) is 24.4 Å². The average molecular weight is 559 g/mol. The van der Waals surface area contributed by atoms with Gasteiger partial charge in [-0.25, -0.2) is 0 Å². The lowest BCUT2D eigenvalue weighted by atomic mass is 9.50. The minimum Gasteiger partial charge on any atom is -0.465 e. The van der Waals surface area contributed by atoms with Gasteiger partial charge in [0.25, 0.3) is 0 Å². The van der Waals surface area contributed by atoms with E-state index in [0.29, 0.717) is 25.0 Å². The lowest BCUT2D eigenvalue weighted by Gasteiger charge is -2.58. The van der Waals surface area contributed by atoms with Crippen molar-refractivity contribution >= 4 is 11.8 Å². The Balaban J connectivity index is 1.19. The van der Waals surface area contributed by atoms with Crippen LogP contribution in [0.15, 0.2) is 36.0 Å². The number of hydrogen-bond acceptors (Lipinski definition) is 7. The summed E-state index contributed by atoms with van der Waals surface area (Å²) in [7, 11) is 0. The summed E-state index contributed by atoms with van der Waals surface area (Å²) in [5, 5.41) is 22.1. The van der Waals surface area contributed by atoms with E-state index in [1.807, 2.05) is 6.92 Å². The fraction of sp³-hybridized carbons (Fsp3) is 0.758.